The molecule has 0 spiro atoms. The van der Waals surface area contributed by atoms with E-state index in [0.29, 0.717) is 23.9 Å². The summed E-state index contributed by atoms with van der Waals surface area (Å²) in [6, 6.07) is 2.09. The van der Waals surface area contributed by atoms with Gasteiger partial charge >= 0.3 is 5.97 Å². The normalized spacial score (nSPS) is 41.3. The van der Waals surface area contributed by atoms with Crippen molar-refractivity contribution in [1.82, 2.24) is 0 Å². The van der Waals surface area contributed by atoms with Gasteiger partial charge in [-0.3, -0.25) is 0 Å². The van der Waals surface area contributed by atoms with Crippen LogP contribution in [-0.2, 0) is 9.53 Å². The van der Waals surface area contributed by atoms with E-state index in [9.17, 15) is 10.1 Å². The van der Waals surface area contributed by atoms with Crippen molar-refractivity contribution in [2.75, 3.05) is 6.61 Å². The van der Waals surface area contributed by atoms with Gasteiger partial charge in [0.1, 0.15) is 11.6 Å². The zero-order valence-corrected chi connectivity index (χ0v) is 14.9. The van der Waals surface area contributed by atoms with Crippen LogP contribution < -0.4 is 0 Å². The van der Waals surface area contributed by atoms with Crippen molar-refractivity contribution in [3.63, 3.8) is 0 Å². The molecular formula is C20H29NO2. The number of nitriles is 1. The maximum Gasteiger partial charge on any atom is 0.348 e. The van der Waals surface area contributed by atoms with E-state index >= 15 is 0 Å². The smallest absolute Gasteiger partial charge is 0.348 e. The van der Waals surface area contributed by atoms with E-state index in [1.807, 2.05) is 6.08 Å². The molecule has 0 aromatic carbocycles. The van der Waals surface area contributed by atoms with E-state index in [0.717, 1.165) is 11.8 Å². The molecular weight excluding hydrogens is 286 g/mol. The Morgan fingerprint density at radius 1 is 1.30 bits per heavy atom. The Morgan fingerprint density at radius 2 is 2.04 bits per heavy atom. The van der Waals surface area contributed by atoms with Crippen molar-refractivity contribution in [3.05, 3.63) is 11.6 Å². The molecule has 0 amide bonds. The highest BCUT2D eigenvalue weighted by molar-refractivity contribution is 5.92. The molecule has 3 heteroatoms. The van der Waals surface area contributed by atoms with E-state index in [2.05, 4.69) is 26.8 Å². The molecule has 3 fully saturated rings. The third kappa shape index (κ3) is 2.42. The summed E-state index contributed by atoms with van der Waals surface area (Å²) in [5, 5.41) is 9.42. The molecule has 0 radical (unpaired) electrons. The molecule has 0 heterocycles. The summed E-state index contributed by atoms with van der Waals surface area (Å²) in [6.45, 7) is 9.37. The Hall–Kier alpha value is -1.30. The number of ether oxygens (including phenoxy) is 1. The molecule has 3 nitrogen and oxygen atoms in total. The summed E-state index contributed by atoms with van der Waals surface area (Å²) in [4.78, 5) is 12.0. The minimum Gasteiger partial charge on any atom is -0.462 e. The minimum atomic E-state index is -0.451. The molecule has 4 bridgehead atoms. The first-order chi connectivity index (χ1) is 10.8. The molecule has 5 unspecified atom stereocenters. The van der Waals surface area contributed by atoms with Gasteiger partial charge in [-0.05, 0) is 67.1 Å². The fourth-order valence-corrected chi connectivity index (χ4v) is 6.33. The van der Waals surface area contributed by atoms with E-state index < -0.39 is 5.97 Å². The SMILES string of the molecule is CCOC(=O)C(C#N)=CC1C2CCC3C2C(C)(C)CCCC13C. The van der Waals surface area contributed by atoms with Crippen molar-refractivity contribution < 1.29 is 9.53 Å². The maximum atomic E-state index is 12.0. The van der Waals surface area contributed by atoms with Crippen LogP contribution in [0.5, 0.6) is 0 Å². The Morgan fingerprint density at radius 3 is 2.70 bits per heavy atom. The molecule has 126 valence electrons. The molecule has 0 N–H and O–H groups in total. The molecule has 0 saturated heterocycles. The zero-order valence-electron chi connectivity index (χ0n) is 14.9. The fourth-order valence-electron chi connectivity index (χ4n) is 6.33. The van der Waals surface area contributed by atoms with Gasteiger partial charge in [-0.15, -0.1) is 0 Å². The maximum absolute atomic E-state index is 12.0. The monoisotopic (exact) mass is 315 g/mol. The molecule has 0 aliphatic heterocycles. The van der Waals surface area contributed by atoms with Crippen LogP contribution in [0.1, 0.15) is 59.8 Å². The van der Waals surface area contributed by atoms with Crippen molar-refractivity contribution in [3.8, 4) is 6.07 Å². The van der Waals surface area contributed by atoms with Crippen molar-refractivity contribution in [2.45, 2.75) is 59.8 Å². The first-order valence-electron chi connectivity index (χ1n) is 9.14. The lowest BCUT2D eigenvalue weighted by molar-refractivity contribution is -0.138. The van der Waals surface area contributed by atoms with Crippen molar-refractivity contribution in [2.24, 2.45) is 34.5 Å². The number of hydrogen-bond acceptors (Lipinski definition) is 3. The number of carbonyl (C=O) groups is 1. The Kier molecular flexibility index (Phi) is 4.07. The second kappa shape index (κ2) is 5.65. The average molecular weight is 315 g/mol. The highest BCUT2D eigenvalue weighted by Gasteiger charge is 2.64. The van der Waals surface area contributed by atoms with Gasteiger partial charge in [0.25, 0.3) is 0 Å². The van der Waals surface area contributed by atoms with Crippen LogP contribution in [-0.4, -0.2) is 12.6 Å². The van der Waals surface area contributed by atoms with Gasteiger partial charge in [0.05, 0.1) is 6.61 Å². The van der Waals surface area contributed by atoms with Crippen LogP contribution in [0, 0.1) is 45.8 Å². The summed E-state index contributed by atoms with van der Waals surface area (Å²) in [5.41, 5.74) is 0.839. The summed E-state index contributed by atoms with van der Waals surface area (Å²) in [5.74, 6) is 2.00. The van der Waals surface area contributed by atoms with E-state index in [4.69, 9.17) is 4.74 Å². The van der Waals surface area contributed by atoms with Crippen molar-refractivity contribution in [1.29, 1.82) is 5.26 Å². The highest BCUT2D eigenvalue weighted by Crippen LogP contribution is 2.71. The van der Waals surface area contributed by atoms with Crippen molar-refractivity contribution >= 4 is 5.97 Å². The molecule has 0 aromatic heterocycles. The second-order valence-electron chi connectivity index (χ2n) is 8.66. The average Bonchev–Trinajstić information content (AvgIpc) is 2.98. The third-order valence-corrected chi connectivity index (χ3v) is 7.18. The quantitative estimate of drug-likeness (QED) is 0.438. The number of carbonyl (C=O) groups excluding carboxylic acids is 1. The van der Waals surface area contributed by atoms with Gasteiger partial charge in [-0.25, -0.2) is 4.79 Å². The minimum absolute atomic E-state index is 0.216. The van der Waals surface area contributed by atoms with E-state index in [1.165, 1.54) is 32.1 Å². The molecule has 0 aromatic rings. The highest BCUT2D eigenvalue weighted by atomic mass is 16.5. The molecule has 23 heavy (non-hydrogen) atoms. The zero-order chi connectivity index (χ0) is 16.8. The summed E-state index contributed by atoms with van der Waals surface area (Å²) >= 11 is 0. The Balaban J connectivity index is 1.98. The van der Waals surface area contributed by atoms with E-state index in [1.54, 1.807) is 6.92 Å². The standard InChI is InChI=1S/C20H29NO2/c1-5-23-18(22)13(12-21)11-16-14-7-8-15-17(14)19(2,3)9-6-10-20(15,16)4/h11,14-17H,5-10H2,1-4H3. The largest absolute Gasteiger partial charge is 0.462 e. The van der Waals surface area contributed by atoms with Crippen LogP contribution >= 0.6 is 0 Å². The lowest BCUT2D eigenvalue weighted by Gasteiger charge is -2.40. The predicted octanol–water partition coefficient (Wildman–Crippen LogP) is 4.49. The Bertz CT molecular complexity index is 571. The molecule has 3 saturated carbocycles. The topological polar surface area (TPSA) is 50.1 Å². The fraction of sp³-hybridized carbons (Fsp3) is 0.800. The first kappa shape index (κ1) is 16.6. The van der Waals surface area contributed by atoms with Crippen LogP contribution in [0.3, 0.4) is 0 Å². The number of esters is 1. The summed E-state index contributed by atoms with van der Waals surface area (Å²) < 4.78 is 5.07. The van der Waals surface area contributed by atoms with Gasteiger partial charge in [-0.1, -0.05) is 33.3 Å². The number of hydrogen-bond donors (Lipinski definition) is 0. The summed E-state index contributed by atoms with van der Waals surface area (Å²) in [7, 11) is 0. The van der Waals surface area contributed by atoms with Gasteiger partial charge in [0, 0.05) is 0 Å². The van der Waals surface area contributed by atoms with Gasteiger partial charge in [-0.2, -0.15) is 5.26 Å². The van der Waals surface area contributed by atoms with Crippen LogP contribution in [0.2, 0.25) is 0 Å². The first-order valence-corrected chi connectivity index (χ1v) is 9.14. The number of rotatable bonds is 3. The van der Waals surface area contributed by atoms with Gasteiger partial charge < -0.3 is 4.74 Å². The van der Waals surface area contributed by atoms with Crippen LogP contribution in [0.4, 0.5) is 0 Å². The van der Waals surface area contributed by atoms with Crippen LogP contribution in [0.15, 0.2) is 11.6 Å². The third-order valence-electron chi connectivity index (χ3n) is 7.18. The molecule has 3 rings (SSSR count). The lowest BCUT2D eigenvalue weighted by atomic mass is 9.64. The molecule has 3 aliphatic rings. The Labute approximate surface area is 140 Å². The predicted molar refractivity (Wildman–Crippen MR) is 89.3 cm³/mol. The summed E-state index contributed by atoms with van der Waals surface area (Å²) in [6.07, 6.45) is 8.33. The van der Waals surface area contributed by atoms with Crippen LogP contribution in [0.25, 0.3) is 0 Å². The van der Waals surface area contributed by atoms with Gasteiger partial charge in [0.15, 0.2) is 0 Å². The lowest BCUT2D eigenvalue weighted by Crippen LogP contribution is -2.33. The second-order valence-corrected chi connectivity index (χ2v) is 8.66. The molecule has 5 atom stereocenters. The van der Waals surface area contributed by atoms with E-state index in [-0.39, 0.29) is 11.0 Å². The number of nitrogens with zero attached hydrogens (tertiary/aromatic N) is 1. The molecule has 3 aliphatic carbocycles. The van der Waals surface area contributed by atoms with Gasteiger partial charge in [0.2, 0.25) is 0 Å². The number of allylic oxidation sites excluding steroid dienone is 1.